The number of anilines is 2. The number of ether oxygens (including phenoxy) is 2. The van der Waals surface area contributed by atoms with Crippen LogP contribution in [0.1, 0.15) is 35.0 Å². The average molecular weight is 504 g/mol. The SMILES string of the molecule is COc1c(Nc2ccncc2)nc(-c2nn(Cc3ccccc3F)c3c2CCC3)nc1C(OC)C(N)=O. The number of primary amides is 1. The van der Waals surface area contributed by atoms with Crippen LogP contribution < -0.4 is 15.8 Å². The van der Waals surface area contributed by atoms with Gasteiger partial charge in [0.25, 0.3) is 5.91 Å². The van der Waals surface area contributed by atoms with Crippen molar-refractivity contribution in [2.75, 3.05) is 19.5 Å². The van der Waals surface area contributed by atoms with Gasteiger partial charge in [-0.05, 0) is 37.5 Å². The minimum absolute atomic E-state index is 0.175. The van der Waals surface area contributed by atoms with Crippen LogP contribution in [0, 0.1) is 5.82 Å². The van der Waals surface area contributed by atoms with Crippen LogP contribution in [-0.4, -0.2) is 44.9 Å². The summed E-state index contributed by atoms with van der Waals surface area (Å²) in [6.45, 7) is 0.280. The van der Waals surface area contributed by atoms with Gasteiger partial charge in [0.1, 0.15) is 17.2 Å². The first-order chi connectivity index (χ1) is 18.0. The highest BCUT2D eigenvalue weighted by Gasteiger charge is 2.31. The molecule has 1 amide bonds. The summed E-state index contributed by atoms with van der Waals surface area (Å²) in [5, 5.41) is 8.01. The Morgan fingerprint density at radius 2 is 1.95 bits per heavy atom. The highest BCUT2D eigenvalue weighted by atomic mass is 19.1. The first-order valence-corrected chi connectivity index (χ1v) is 11.8. The zero-order valence-electron chi connectivity index (χ0n) is 20.4. The van der Waals surface area contributed by atoms with E-state index in [1.54, 1.807) is 47.4 Å². The number of pyridine rings is 1. The van der Waals surface area contributed by atoms with Crippen molar-refractivity contribution in [1.29, 1.82) is 0 Å². The predicted octanol–water partition coefficient (Wildman–Crippen LogP) is 3.34. The summed E-state index contributed by atoms with van der Waals surface area (Å²) in [5.41, 5.74) is 9.61. The summed E-state index contributed by atoms with van der Waals surface area (Å²) < 4.78 is 27.2. The van der Waals surface area contributed by atoms with E-state index in [4.69, 9.17) is 25.3 Å². The van der Waals surface area contributed by atoms with Crippen LogP contribution in [-0.2, 0) is 28.9 Å². The Morgan fingerprint density at radius 3 is 2.65 bits per heavy atom. The van der Waals surface area contributed by atoms with Gasteiger partial charge in [-0.15, -0.1) is 0 Å². The number of nitrogens with one attached hydrogen (secondary N) is 1. The highest BCUT2D eigenvalue weighted by Crippen LogP contribution is 2.38. The molecular weight excluding hydrogens is 477 g/mol. The van der Waals surface area contributed by atoms with Crippen molar-refractivity contribution < 1.29 is 18.7 Å². The number of aromatic nitrogens is 5. The number of nitrogens with two attached hydrogens (primary N) is 1. The number of benzene rings is 1. The van der Waals surface area contributed by atoms with Crippen molar-refractivity contribution in [3.8, 4) is 17.3 Å². The van der Waals surface area contributed by atoms with Gasteiger partial charge in [-0.3, -0.25) is 14.5 Å². The van der Waals surface area contributed by atoms with Gasteiger partial charge in [-0.2, -0.15) is 5.10 Å². The Morgan fingerprint density at radius 1 is 1.16 bits per heavy atom. The molecule has 0 spiro atoms. The third-order valence-electron chi connectivity index (χ3n) is 6.28. The van der Waals surface area contributed by atoms with Crippen LogP contribution >= 0.6 is 0 Å². The van der Waals surface area contributed by atoms with E-state index in [1.807, 2.05) is 0 Å². The van der Waals surface area contributed by atoms with Crippen molar-refractivity contribution in [3.05, 3.63) is 77.1 Å². The van der Waals surface area contributed by atoms with Crippen LogP contribution in [0.15, 0.2) is 48.8 Å². The maximum Gasteiger partial charge on any atom is 0.252 e. The van der Waals surface area contributed by atoms with Gasteiger partial charge in [-0.1, -0.05) is 18.2 Å². The summed E-state index contributed by atoms with van der Waals surface area (Å²) in [4.78, 5) is 25.7. The quantitative estimate of drug-likeness (QED) is 0.356. The van der Waals surface area contributed by atoms with Crippen molar-refractivity contribution >= 4 is 17.4 Å². The van der Waals surface area contributed by atoms with Gasteiger partial charge in [0.15, 0.2) is 23.5 Å². The van der Waals surface area contributed by atoms with Crippen LogP contribution in [0.2, 0.25) is 0 Å². The van der Waals surface area contributed by atoms with E-state index < -0.39 is 12.0 Å². The number of rotatable bonds is 9. The molecule has 4 aromatic rings. The summed E-state index contributed by atoms with van der Waals surface area (Å²) >= 11 is 0. The molecule has 1 aromatic carbocycles. The number of amides is 1. The van der Waals surface area contributed by atoms with E-state index in [2.05, 4.69) is 15.3 Å². The number of fused-ring (bicyclic) bond motifs is 1. The fourth-order valence-corrected chi connectivity index (χ4v) is 4.58. The van der Waals surface area contributed by atoms with E-state index in [-0.39, 0.29) is 29.6 Å². The molecule has 3 N–H and O–H groups in total. The number of methoxy groups -OCH3 is 2. The lowest BCUT2D eigenvalue weighted by Crippen LogP contribution is -2.25. The Labute approximate surface area is 212 Å². The predicted molar refractivity (Wildman–Crippen MR) is 134 cm³/mol. The standard InChI is InChI=1S/C26H26FN7O3/c1-36-22(24(28)35)21-23(37-2)26(30-16-10-12-29-13-11-16)32-25(31-21)20-17-7-5-9-19(17)34(33-20)14-15-6-3-4-8-18(15)27/h3-4,6,8,10-13,22H,5,7,9,14H2,1-2H3,(H2,28,35)(H,29,30,31,32). The van der Waals surface area contributed by atoms with Crippen molar-refractivity contribution in [2.24, 2.45) is 5.73 Å². The van der Waals surface area contributed by atoms with Crippen LogP contribution in [0.3, 0.4) is 0 Å². The van der Waals surface area contributed by atoms with Crippen molar-refractivity contribution in [3.63, 3.8) is 0 Å². The molecule has 37 heavy (non-hydrogen) atoms. The van der Waals surface area contributed by atoms with Crippen LogP contribution in [0.5, 0.6) is 5.75 Å². The van der Waals surface area contributed by atoms with Gasteiger partial charge < -0.3 is 20.5 Å². The second-order valence-electron chi connectivity index (χ2n) is 8.57. The molecule has 10 nitrogen and oxygen atoms in total. The van der Waals surface area contributed by atoms with Gasteiger partial charge in [0.2, 0.25) is 0 Å². The lowest BCUT2D eigenvalue weighted by molar-refractivity contribution is -0.128. The molecule has 0 saturated carbocycles. The Balaban J connectivity index is 1.66. The van der Waals surface area contributed by atoms with E-state index in [0.29, 0.717) is 22.8 Å². The minimum atomic E-state index is -1.18. The van der Waals surface area contributed by atoms with Crippen LogP contribution in [0.25, 0.3) is 11.5 Å². The second kappa shape index (κ2) is 10.3. The molecule has 5 rings (SSSR count). The Hall–Kier alpha value is -4.38. The number of halogens is 1. The second-order valence-corrected chi connectivity index (χ2v) is 8.57. The monoisotopic (exact) mass is 503 g/mol. The largest absolute Gasteiger partial charge is 0.491 e. The number of hydrogen-bond acceptors (Lipinski definition) is 8. The molecule has 0 saturated heterocycles. The first-order valence-electron chi connectivity index (χ1n) is 11.8. The molecule has 0 fully saturated rings. The number of hydrogen-bond donors (Lipinski definition) is 2. The normalized spacial score (nSPS) is 13.3. The third-order valence-corrected chi connectivity index (χ3v) is 6.28. The molecule has 0 bridgehead atoms. The van der Waals surface area contributed by atoms with E-state index in [9.17, 15) is 9.18 Å². The van der Waals surface area contributed by atoms with E-state index in [0.717, 1.165) is 30.5 Å². The lowest BCUT2D eigenvalue weighted by Gasteiger charge is -2.19. The summed E-state index contributed by atoms with van der Waals surface area (Å²) in [5.74, 6) is -0.208. The molecular formula is C26H26FN7O3. The van der Waals surface area contributed by atoms with Crippen LogP contribution in [0.4, 0.5) is 15.9 Å². The van der Waals surface area contributed by atoms with Gasteiger partial charge in [0, 0.05) is 42.0 Å². The van der Waals surface area contributed by atoms with Crippen molar-refractivity contribution in [2.45, 2.75) is 31.9 Å². The maximum atomic E-state index is 14.4. The number of nitrogens with zero attached hydrogens (tertiary/aromatic N) is 5. The highest BCUT2D eigenvalue weighted by molar-refractivity contribution is 5.82. The summed E-state index contributed by atoms with van der Waals surface area (Å²) in [7, 11) is 2.82. The lowest BCUT2D eigenvalue weighted by atomic mass is 10.1. The topological polar surface area (TPSA) is 130 Å². The molecule has 1 aliphatic rings. The first kappa shape index (κ1) is 24.3. The fraction of sp³-hybridized carbons (Fsp3) is 0.269. The van der Waals surface area contributed by atoms with Gasteiger partial charge >= 0.3 is 0 Å². The zero-order chi connectivity index (χ0) is 25.9. The minimum Gasteiger partial charge on any atom is -0.491 e. The Kier molecular flexibility index (Phi) is 6.78. The molecule has 0 radical (unpaired) electrons. The fourth-order valence-electron chi connectivity index (χ4n) is 4.58. The zero-order valence-corrected chi connectivity index (χ0v) is 20.4. The Bertz CT molecular complexity index is 1440. The molecule has 11 heteroatoms. The average Bonchev–Trinajstić information content (AvgIpc) is 3.50. The number of carbonyl (C=O) groups excluding carboxylic acids is 1. The van der Waals surface area contributed by atoms with Gasteiger partial charge in [-0.25, -0.2) is 14.4 Å². The van der Waals surface area contributed by atoms with Crippen molar-refractivity contribution in [1.82, 2.24) is 24.7 Å². The molecule has 1 aliphatic carbocycles. The van der Waals surface area contributed by atoms with E-state index in [1.165, 1.54) is 20.3 Å². The third kappa shape index (κ3) is 4.73. The molecule has 1 atom stereocenters. The smallest absolute Gasteiger partial charge is 0.252 e. The number of carbonyl (C=O) groups is 1. The molecule has 190 valence electrons. The van der Waals surface area contributed by atoms with Gasteiger partial charge in [0.05, 0.1) is 13.7 Å². The summed E-state index contributed by atoms with van der Waals surface area (Å²) in [6.07, 6.45) is 4.62. The molecule has 3 heterocycles. The molecule has 3 aromatic heterocycles. The van der Waals surface area contributed by atoms with E-state index >= 15 is 0 Å². The summed E-state index contributed by atoms with van der Waals surface area (Å²) in [6, 6.07) is 10.2. The molecule has 0 aliphatic heterocycles. The molecule has 1 unspecified atom stereocenters. The maximum absolute atomic E-state index is 14.4.